The second-order valence-electron chi connectivity index (χ2n) is 8.93. The summed E-state index contributed by atoms with van der Waals surface area (Å²) in [4.78, 5) is 35.0. The predicted octanol–water partition coefficient (Wildman–Crippen LogP) is 3.47. The van der Waals surface area contributed by atoms with Crippen molar-refractivity contribution >= 4 is 18.0 Å². The lowest BCUT2D eigenvalue weighted by Crippen LogP contribution is -2.40. The fourth-order valence-corrected chi connectivity index (χ4v) is 3.46. The van der Waals surface area contributed by atoms with Crippen LogP contribution in [0.2, 0.25) is 0 Å². The molecular formula is C20H36N2O5. The van der Waals surface area contributed by atoms with Crippen LogP contribution in [0.25, 0.3) is 0 Å². The number of carboxylic acids is 1. The van der Waals surface area contributed by atoms with E-state index in [2.05, 4.69) is 10.6 Å². The molecule has 1 atom stereocenters. The normalized spacial score (nSPS) is 17.6. The molecule has 0 aromatic rings. The van der Waals surface area contributed by atoms with E-state index in [9.17, 15) is 19.5 Å². The van der Waals surface area contributed by atoms with Gasteiger partial charge < -0.3 is 20.5 Å². The van der Waals surface area contributed by atoms with Crippen molar-refractivity contribution in [1.82, 2.24) is 10.6 Å². The molecule has 0 saturated heterocycles. The van der Waals surface area contributed by atoms with Crippen molar-refractivity contribution < 1.29 is 24.2 Å². The number of alkyl carbamates (subject to hydrolysis) is 1. The Labute approximate surface area is 162 Å². The second-order valence-corrected chi connectivity index (χ2v) is 8.93. The molecule has 0 radical (unpaired) electrons. The summed E-state index contributed by atoms with van der Waals surface area (Å²) in [7, 11) is 0. The van der Waals surface area contributed by atoms with Crippen LogP contribution in [0.15, 0.2) is 0 Å². The van der Waals surface area contributed by atoms with Gasteiger partial charge in [-0.15, -0.1) is 0 Å². The number of aliphatic carboxylic acids is 1. The molecule has 0 aromatic carbocycles. The van der Waals surface area contributed by atoms with Crippen LogP contribution >= 0.6 is 0 Å². The minimum Gasteiger partial charge on any atom is -0.481 e. The third-order valence-corrected chi connectivity index (χ3v) is 4.96. The number of rotatable bonds is 9. The summed E-state index contributed by atoms with van der Waals surface area (Å²) in [5, 5.41) is 14.8. The van der Waals surface area contributed by atoms with Crippen molar-refractivity contribution in [2.45, 2.75) is 84.7 Å². The molecule has 7 nitrogen and oxygen atoms in total. The third kappa shape index (κ3) is 10.2. The fourth-order valence-electron chi connectivity index (χ4n) is 3.46. The van der Waals surface area contributed by atoms with Crippen molar-refractivity contribution in [1.29, 1.82) is 0 Å². The van der Waals surface area contributed by atoms with Crippen LogP contribution in [0.3, 0.4) is 0 Å². The number of hydrogen-bond donors (Lipinski definition) is 3. The molecule has 0 heterocycles. The molecule has 3 N–H and O–H groups in total. The summed E-state index contributed by atoms with van der Waals surface area (Å²) in [5.74, 6) is -0.714. The maximum Gasteiger partial charge on any atom is 0.407 e. The standard InChI is InChI=1S/C20H36N2O5/c1-15(13-21-18(26)27-19(2,3)4)8-9-16(23)22-14-20(12-17(24)25)10-6-5-7-11-20/h15H,5-14H2,1-4H3,(H,21,26)(H,22,23)(H,24,25). The van der Waals surface area contributed by atoms with E-state index in [0.717, 1.165) is 32.1 Å². The molecule has 1 saturated carbocycles. The Morgan fingerprint density at radius 3 is 2.30 bits per heavy atom. The second kappa shape index (κ2) is 10.5. The molecule has 1 aliphatic rings. The largest absolute Gasteiger partial charge is 0.481 e. The summed E-state index contributed by atoms with van der Waals surface area (Å²) in [5.41, 5.74) is -0.831. The Hall–Kier alpha value is -1.79. The highest BCUT2D eigenvalue weighted by Gasteiger charge is 2.34. The molecule has 2 amide bonds. The number of amides is 2. The molecule has 27 heavy (non-hydrogen) atoms. The average molecular weight is 385 g/mol. The van der Waals surface area contributed by atoms with Gasteiger partial charge in [0.15, 0.2) is 0 Å². The summed E-state index contributed by atoms with van der Waals surface area (Å²) < 4.78 is 5.18. The first-order valence-electron chi connectivity index (χ1n) is 9.97. The molecule has 0 aliphatic heterocycles. The fraction of sp³-hybridized carbons (Fsp3) is 0.850. The Morgan fingerprint density at radius 1 is 1.11 bits per heavy atom. The van der Waals surface area contributed by atoms with Crippen LogP contribution in [-0.2, 0) is 14.3 Å². The first kappa shape index (κ1) is 23.2. The van der Waals surface area contributed by atoms with Gasteiger partial charge in [-0.05, 0) is 51.4 Å². The molecule has 156 valence electrons. The van der Waals surface area contributed by atoms with Crippen LogP contribution in [0.5, 0.6) is 0 Å². The number of nitrogens with one attached hydrogen (secondary N) is 2. The maximum atomic E-state index is 12.2. The average Bonchev–Trinajstić information content (AvgIpc) is 2.55. The van der Waals surface area contributed by atoms with E-state index in [1.807, 2.05) is 27.7 Å². The predicted molar refractivity (Wildman–Crippen MR) is 103 cm³/mol. The Kier molecular flexibility index (Phi) is 9.06. The third-order valence-electron chi connectivity index (χ3n) is 4.96. The molecule has 1 aliphatic carbocycles. The number of carbonyl (C=O) groups excluding carboxylic acids is 2. The van der Waals surface area contributed by atoms with Gasteiger partial charge in [0.2, 0.25) is 5.91 Å². The first-order valence-corrected chi connectivity index (χ1v) is 9.97. The molecule has 0 bridgehead atoms. The minimum absolute atomic E-state index is 0.0607. The molecule has 0 spiro atoms. The van der Waals surface area contributed by atoms with Crippen LogP contribution in [0.1, 0.15) is 79.1 Å². The quantitative estimate of drug-likeness (QED) is 0.564. The van der Waals surface area contributed by atoms with E-state index in [4.69, 9.17) is 4.74 Å². The van der Waals surface area contributed by atoms with Crippen molar-refractivity contribution in [2.24, 2.45) is 11.3 Å². The topological polar surface area (TPSA) is 105 Å². The van der Waals surface area contributed by atoms with Crippen molar-refractivity contribution in [3.8, 4) is 0 Å². The van der Waals surface area contributed by atoms with Crippen LogP contribution in [0, 0.1) is 11.3 Å². The van der Waals surface area contributed by atoms with Gasteiger partial charge in [0.25, 0.3) is 0 Å². The zero-order chi connectivity index (χ0) is 20.5. The first-order chi connectivity index (χ1) is 12.5. The SMILES string of the molecule is CC(CCC(=O)NCC1(CC(=O)O)CCCCC1)CNC(=O)OC(C)(C)C. The van der Waals surface area contributed by atoms with E-state index in [1.54, 1.807) is 0 Å². The molecule has 7 heteroatoms. The number of hydrogen-bond acceptors (Lipinski definition) is 4. The Morgan fingerprint density at radius 2 is 1.74 bits per heavy atom. The Balaban J connectivity index is 2.31. The zero-order valence-electron chi connectivity index (χ0n) is 17.2. The number of ether oxygens (including phenoxy) is 1. The lowest BCUT2D eigenvalue weighted by molar-refractivity contribution is -0.140. The highest BCUT2D eigenvalue weighted by molar-refractivity contribution is 5.76. The zero-order valence-corrected chi connectivity index (χ0v) is 17.2. The molecule has 1 fully saturated rings. The van der Waals surface area contributed by atoms with Crippen LogP contribution in [0.4, 0.5) is 4.79 Å². The molecule has 0 aromatic heterocycles. The van der Waals surface area contributed by atoms with Crippen molar-refractivity contribution in [3.05, 3.63) is 0 Å². The van der Waals surface area contributed by atoms with Crippen molar-refractivity contribution in [3.63, 3.8) is 0 Å². The highest BCUT2D eigenvalue weighted by Crippen LogP contribution is 2.38. The highest BCUT2D eigenvalue weighted by atomic mass is 16.6. The van der Waals surface area contributed by atoms with Crippen LogP contribution in [-0.4, -0.2) is 41.8 Å². The van der Waals surface area contributed by atoms with Crippen molar-refractivity contribution in [2.75, 3.05) is 13.1 Å². The van der Waals surface area contributed by atoms with Gasteiger partial charge in [-0.25, -0.2) is 4.79 Å². The summed E-state index contributed by atoms with van der Waals surface area (Å²) >= 11 is 0. The lowest BCUT2D eigenvalue weighted by atomic mass is 9.71. The van der Waals surface area contributed by atoms with Gasteiger partial charge in [0.1, 0.15) is 5.60 Å². The van der Waals surface area contributed by atoms with Gasteiger partial charge in [-0.1, -0.05) is 26.2 Å². The van der Waals surface area contributed by atoms with Crippen LogP contribution < -0.4 is 10.6 Å². The van der Waals surface area contributed by atoms with E-state index >= 15 is 0 Å². The molecule has 1 rings (SSSR count). The van der Waals surface area contributed by atoms with Gasteiger partial charge >= 0.3 is 12.1 Å². The van der Waals surface area contributed by atoms with E-state index < -0.39 is 17.7 Å². The summed E-state index contributed by atoms with van der Waals surface area (Å²) in [6.45, 7) is 8.28. The van der Waals surface area contributed by atoms with Gasteiger partial charge in [0.05, 0.1) is 6.42 Å². The van der Waals surface area contributed by atoms with Gasteiger partial charge in [-0.3, -0.25) is 9.59 Å². The molecule has 1 unspecified atom stereocenters. The van der Waals surface area contributed by atoms with Gasteiger partial charge in [-0.2, -0.15) is 0 Å². The van der Waals surface area contributed by atoms with E-state index in [-0.39, 0.29) is 23.7 Å². The monoisotopic (exact) mass is 384 g/mol. The summed E-state index contributed by atoms with van der Waals surface area (Å²) in [6, 6.07) is 0. The lowest BCUT2D eigenvalue weighted by Gasteiger charge is -2.36. The Bertz CT molecular complexity index is 507. The minimum atomic E-state index is -0.798. The number of carbonyl (C=O) groups is 3. The summed E-state index contributed by atoms with van der Waals surface area (Å²) in [6.07, 6.45) is 5.57. The van der Waals surface area contributed by atoms with E-state index in [1.165, 1.54) is 0 Å². The maximum absolute atomic E-state index is 12.2. The van der Waals surface area contributed by atoms with Gasteiger partial charge in [0, 0.05) is 19.5 Å². The van der Waals surface area contributed by atoms with E-state index in [0.29, 0.717) is 25.9 Å². The molecular weight excluding hydrogens is 348 g/mol. The smallest absolute Gasteiger partial charge is 0.407 e. The number of carboxylic acid groups (broad SMARTS) is 1.